The van der Waals surface area contributed by atoms with E-state index in [1.54, 1.807) is 11.3 Å². The molecule has 152 valence electrons. The molecule has 5 nitrogen and oxygen atoms in total. The first kappa shape index (κ1) is 20.8. The summed E-state index contributed by atoms with van der Waals surface area (Å²) in [6, 6.07) is 11.2. The van der Waals surface area contributed by atoms with Gasteiger partial charge in [-0.2, -0.15) is 0 Å². The molecule has 28 heavy (non-hydrogen) atoms. The van der Waals surface area contributed by atoms with Gasteiger partial charge < -0.3 is 15.0 Å². The van der Waals surface area contributed by atoms with Crippen molar-refractivity contribution >= 4 is 17.3 Å². The summed E-state index contributed by atoms with van der Waals surface area (Å²) in [5, 5.41) is 5.50. The average Bonchev–Trinajstić information content (AvgIpc) is 3.24. The van der Waals surface area contributed by atoms with E-state index in [9.17, 15) is 4.39 Å². The fourth-order valence-electron chi connectivity index (χ4n) is 3.34. The quantitative estimate of drug-likeness (QED) is 0.568. The zero-order chi connectivity index (χ0) is 19.8. The Morgan fingerprint density at radius 3 is 2.68 bits per heavy atom. The molecule has 1 atom stereocenters. The molecule has 2 heterocycles. The third-order valence-corrected chi connectivity index (χ3v) is 5.78. The van der Waals surface area contributed by atoms with Gasteiger partial charge in [-0.3, -0.25) is 9.89 Å². The molecule has 0 aliphatic carbocycles. The van der Waals surface area contributed by atoms with Crippen molar-refractivity contribution in [3.05, 3.63) is 58.0 Å². The van der Waals surface area contributed by atoms with Crippen molar-refractivity contribution in [2.75, 3.05) is 46.4 Å². The van der Waals surface area contributed by atoms with Crippen molar-refractivity contribution in [3.8, 4) is 0 Å². The Morgan fingerprint density at radius 1 is 1.29 bits per heavy atom. The normalized spacial score (nSPS) is 16.8. The number of hydrogen-bond donors (Lipinski definition) is 1. The van der Waals surface area contributed by atoms with E-state index in [0.29, 0.717) is 13.1 Å². The van der Waals surface area contributed by atoms with Gasteiger partial charge in [0.1, 0.15) is 5.82 Å². The van der Waals surface area contributed by atoms with Crippen LogP contribution >= 0.6 is 11.3 Å². The van der Waals surface area contributed by atoms with Gasteiger partial charge in [-0.15, -0.1) is 11.3 Å². The van der Waals surface area contributed by atoms with Crippen molar-refractivity contribution < 1.29 is 9.13 Å². The van der Waals surface area contributed by atoms with Crippen LogP contribution in [0.4, 0.5) is 4.39 Å². The zero-order valence-electron chi connectivity index (χ0n) is 16.6. The fraction of sp³-hybridized carbons (Fsp3) is 0.476. The minimum absolute atomic E-state index is 0.212. The van der Waals surface area contributed by atoms with Crippen LogP contribution in [-0.2, 0) is 11.3 Å². The molecule has 1 N–H and O–H groups in total. The lowest BCUT2D eigenvalue weighted by Crippen LogP contribution is -2.42. The van der Waals surface area contributed by atoms with Crippen LogP contribution in [0.5, 0.6) is 0 Å². The van der Waals surface area contributed by atoms with Crippen LogP contribution in [0.2, 0.25) is 0 Å². The molecule has 1 aliphatic heterocycles. The highest BCUT2D eigenvalue weighted by Crippen LogP contribution is 2.26. The summed E-state index contributed by atoms with van der Waals surface area (Å²) in [5.41, 5.74) is 1.05. The van der Waals surface area contributed by atoms with Gasteiger partial charge in [0.2, 0.25) is 0 Å². The summed E-state index contributed by atoms with van der Waals surface area (Å²) in [6.45, 7) is 7.64. The summed E-state index contributed by atoms with van der Waals surface area (Å²) in [4.78, 5) is 10.8. The van der Waals surface area contributed by atoms with Crippen LogP contribution in [0.15, 0.2) is 46.8 Å². The molecule has 1 unspecified atom stereocenters. The van der Waals surface area contributed by atoms with Crippen LogP contribution in [0.3, 0.4) is 0 Å². The van der Waals surface area contributed by atoms with Crippen LogP contribution in [-0.4, -0.2) is 62.2 Å². The van der Waals surface area contributed by atoms with Gasteiger partial charge in [-0.25, -0.2) is 4.39 Å². The number of ether oxygens (including phenoxy) is 1. The molecule has 1 saturated heterocycles. The average molecular weight is 405 g/mol. The first-order valence-electron chi connectivity index (χ1n) is 9.76. The van der Waals surface area contributed by atoms with Crippen LogP contribution in [0.25, 0.3) is 0 Å². The SMILES string of the molecule is CCNC(=NCC(c1cccs1)N1CCOCC1)N(C)Cc1ccc(F)cc1. The number of morpholine rings is 1. The summed E-state index contributed by atoms with van der Waals surface area (Å²) < 4.78 is 18.7. The number of thiophene rings is 1. The number of benzene rings is 1. The number of rotatable bonds is 7. The van der Waals surface area contributed by atoms with E-state index in [4.69, 9.17) is 9.73 Å². The predicted molar refractivity (Wildman–Crippen MR) is 113 cm³/mol. The first-order chi connectivity index (χ1) is 13.7. The topological polar surface area (TPSA) is 40.1 Å². The molecular weight excluding hydrogens is 375 g/mol. The lowest BCUT2D eigenvalue weighted by Gasteiger charge is -2.33. The van der Waals surface area contributed by atoms with Crippen molar-refractivity contribution in [3.63, 3.8) is 0 Å². The summed E-state index contributed by atoms with van der Waals surface area (Å²) >= 11 is 1.78. The lowest BCUT2D eigenvalue weighted by atomic mass is 10.2. The maximum atomic E-state index is 13.2. The number of guanidine groups is 1. The van der Waals surface area contributed by atoms with Gasteiger partial charge in [0.25, 0.3) is 0 Å². The Kier molecular flexibility index (Phi) is 7.82. The molecule has 0 radical (unpaired) electrons. The minimum atomic E-state index is -0.212. The zero-order valence-corrected chi connectivity index (χ0v) is 17.4. The van der Waals surface area contributed by atoms with E-state index in [0.717, 1.165) is 44.4 Å². The molecule has 0 saturated carbocycles. The Morgan fingerprint density at radius 2 is 2.04 bits per heavy atom. The second kappa shape index (κ2) is 10.5. The predicted octanol–water partition coefficient (Wildman–Crippen LogP) is 3.36. The Labute approximate surface area is 170 Å². The number of hydrogen-bond acceptors (Lipinski definition) is 4. The van der Waals surface area contributed by atoms with Crippen molar-refractivity contribution in [2.45, 2.75) is 19.5 Å². The highest BCUT2D eigenvalue weighted by molar-refractivity contribution is 7.10. The van der Waals surface area contributed by atoms with E-state index in [1.165, 1.54) is 17.0 Å². The highest BCUT2D eigenvalue weighted by Gasteiger charge is 2.23. The van der Waals surface area contributed by atoms with Crippen molar-refractivity contribution in [2.24, 2.45) is 4.99 Å². The standard InChI is InChI=1S/C21H29FN4OS/c1-3-23-21(25(2)16-17-6-8-18(22)9-7-17)24-15-19(20-5-4-14-28-20)26-10-12-27-13-11-26/h4-9,14,19H,3,10-13,15-16H2,1-2H3,(H,23,24). The fourth-order valence-corrected chi connectivity index (χ4v) is 4.19. The minimum Gasteiger partial charge on any atom is -0.379 e. The molecule has 3 rings (SSSR count). The molecular formula is C21H29FN4OS. The molecule has 1 aliphatic rings. The van der Waals surface area contributed by atoms with Gasteiger partial charge in [0, 0.05) is 38.1 Å². The van der Waals surface area contributed by atoms with E-state index in [1.807, 2.05) is 19.2 Å². The van der Waals surface area contributed by atoms with Crippen molar-refractivity contribution in [1.82, 2.24) is 15.1 Å². The third kappa shape index (κ3) is 5.77. The second-order valence-electron chi connectivity index (χ2n) is 6.86. The molecule has 1 aromatic heterocycles. The van der Waals surface area contributed by atoms with E-state index in [2.05, 4.69) is 39.6 Å². The Bertz CT molecular complexity index is 729. The van der Waals surface area contributed by atoms with Gasteiger partial charge in [0.05, 0.1) is 25.8 Å². The largest absolute Gasteiger partial charge is 0.379 e. The van der Waals surface area contributed by atoms with Gasteiger partial charge >= 0.3 is 0 Å². The summed E-state index contributed by atoms with van der Waals surface area (Å²) in [5.74, 6) is 0.651. The van der Waals surface area contributed by atoms with Crippen LogP contribution in [0, 0.1) is 5.82 Å². The third-order valence-electron chi connectivity index (χ3n) is 4.80. The van der Waals surface area contributed by atoms with Crippen molar-refractivity contribution in [1.29, 1.82) is 0 Å². The smallest absolute Gasteiger partial charge is 0.194 e. The van der Waals surface area contributed by atoms with Gasteiger partial charge in [-0.1, -0.05) is 18.2 Å². The molecule has 2 aromatic rings. The van der Waals surface area contributed by atoms with Crippen LogP contribution < -0.4 is 5.32 Å². The van der Waals surface area contributed by atoms with Gasteiger partial charge in [-0.05, 0) is 36.1 Å². The number of nitrogens with zero attached hydrogens (tertiary/aromatic N) is 3. The first-order valence-corrected chi connectivity index (χ1v) is 10.6. The monoisotopic (exact) mass is 404 g/mol. The second-order valence-corrected chi connectivity index (χ2v) is 7.84. The van der Waals surface area contributed by atoms with Crippen LogP contribution in [0.1, 0.15) is 23.4 Å². The molecule has 1 fully saturated rings. The highest BCUT2D eigenvalue weighted by atomic mass is 32.1. The number of nitrogens with one attached hydrogen (secondary N) is 1. The maximum Gasteiger partial charge on any atom is 0.194 e. The van der Waals surface area contributed by atoms with E-state index >= 15 is 0 Å². The van der Waals surface area contributed by atoms with Gasteiger partial charge in [0.15, 0.2) is 5.96 Å². The Hall–Kier alpha value is -1.96. The maximum absolute atomic E-state index is 13.2. The van der Waals surface area contributed by atoms with E-state index < -0.39 is 0 Å². The molecule has 0 amide bonds. The summed E-state index contributed by atoms with van der Waals surface area (Å²) in [7, 11) is 2.01. The molecule has 0 bridgehead atoms. The molecule has 1 aromatic carbocycles. The number of aliphatic imine (C=N–C) groups is 1. The lowest BCUT2D eigenvalue weighted by molar-refractivity contribution is 0.0186. The summed E-state index contributed by atoms with van der Waals surface area (Å²) in [6.07, 6.45) is 0. The van der Waals surface area contributed by atoms with E-state index in [-0.39, 0.29) is 11.9 Å². The Balaban J connectivity index is 1.72. The molecule has 7 heteroatoms. The molecule has 0 spiro atoms. The number of halogens is 1.